The van der Waals surface area contributed by atoms with Crippen molar-refractivity contribution in [1.29, 1.82) is 0 Å². The molecule has 2 aliphatic rings. The van der Waals surface area contributed by atoms with E-state index in [2.05, 4.69) is 0 Å². The van der Waals surface area contributed by atoms with Crippen LogP contribution in [0.2, 0.25) is 0 Å². The van der Waals surface area contributed by atoms with Gasteiger partial charge in [-0.3, -0.25) is 4.79 Å². The molecule has 3 nitrogen and oxygen atoms in total. The van der Waals surface area contributed by atoms with E-state index in [1.165, 1.54) is 12.8 Å². The molecule has 2 fully saturated rings. The van der Waals surface area contributed by atoms with Crippen molar-refractivity contribution in [2.45, 2.75) is 30.6 Å². The predicted molar refractivity (Wildman–Crippen MR) is 54.7 cm³/mol. The van der Waals surface area contributed by atoms with Crippen molar-refractivity contribution in [3.63, 3.8) is 0 Å². The van der Waals surface area contributed by atoms with Gasteiger partial charge in [0.25, 0.3) is 0 Å². The van der Waals surface area contributed by atoms with E-state index in [0.29, 0.717) is 24.2 Å². The van der Waals surface area contributed by atoms with E-state index >= 15 is 0 Å². The Balaban J connectivity index is 1.69. The van der Waals surface area contributed by atoms with Gasteiger partial charge in [0.15, 0.2) is 0 Å². The van der Waals surface area contributed by atoms with Crippen molar-refractivity contribution in [1.82, 2.24) is 4.90 Å². The summed E-state index contributed by atoms with van der Waals surface area (Å²) in [5.74, 6) is 0.958. The Labute approximate surface area is 83.0 Å². The molecule has 0 radical (unpaired) electrons. The summed E-state index contributed by atoms with van der Waals surface area (Å²) in [6, 6.07) is 0.340. The van der Waals surface area contributed by atoms with Crippen LogP contribution in [0.4, 0.5) is 0 Å². The fourth-order valence-electron chi connectivity index (χ4n) is 1.52. The summed E-state index contributed by atoms with van der Waals surface area (Å²) >= 11 is 1.81. The lowest BCUT2D eigenvalue weighted by molar-refractivity contribution is -0.135. The molecule has 2 rings (SSSR count). The molecule has 1 unspecified atom stereocenters. The Hall–Kier alpha value is -0.220. The molecular weight excluding hydrogens is 184 g/mol. The maximum Gasteiger partial charge on any atom is 0.232 e. The Morgan fingerprint density at radius 2 is 2.23 bits per heavy atom. The van der Waals surface area contributed by atoms with Gasteiger partial charge in [-0.1, -0.05) is 0 Å². The number of nitrogens with zero attached hydrogens (tertiary/aromatic N) is 1. The summed E-state index contributed by atoms with van der Waals surface area (Å²) in [6.45, 7) is 1.55. The smallest absolute Gasteiger partial charge is 0.232 e. The molecule has 0 spiro atoms. The van der Waals surface area contributed by atoms with Gasteiger partial charge in [-0.2, -0.15) is 0 Å². The molecule has 74 valence electrons. The van der Waals surface area contributed by atoms with Gasteiger partial charge >= 0.3 is 0 Å². The van der Waals surface area contributed by atoms with Crippen LogP contribution in [0.25, 0.3) is 0 Å². The number of hydrogen-bond acceptors (Lipinski definition) is 3. The predicted octanol–water partition coefficient (Wildman–Crippen LogP) is 0.442. The number of carbonyl (C=O) groups is 1. The normalized spacial score (nSPS) is 27.2. The van der Waals surface area contributed by atoms with E-state index in [9.17, 15) is 4.79 Å². The average molecular weight is 200 g/mol. The molecule has 13 heavy (non-hydrogen) atoms. The minimum absolute atomic E-state index is 0.290. The highest BCUT2D eigenvalue weighted by atomic mass is 32.2. The lowest BCUT2D eigenvalue weighted by atomic mass is 10.0. The largest absolute Gasteiger partial charge is 0.338 e. The van der Waals surface area contributed by atoms with Gasteiger partial charge in [0.2, 0.25) is 5.91 Å². The number of nitrogens with two attached hydrogens (primary N) is 1. The molecular formula is C9H16N2OS. The van der Waals surface area contributed by atoms with E-state index in [1.807, 2.05) is 16.7 Å². The van der Waals surface area contributed by atoms with Crippen LogP contribution in [-0.4, -0.2) is 40.9 Å². The molecule has 2 N–H and O–H groups in total. The molecule has 1 saturated carbocycles. The van der Waals surface area contributed by atoms with Crippen molar-refractivity contribution in [3.05, 3.63) is 0 Å². The molecule has 1 aliphatic heterocycles. The molecule has 0 aromatic carbocycles. The Bertz CT molecular complexity index is 204. The summed E-state index contributed by atoms with van der Waals surface area (Å²) < 4.78 is 0. The quantitative estimate of drug-likeness (QED) is 0.716. The minimum Gasteiger partial charge on any atom is -0.338 e. The summed E-state index contributed by atoms with van der Waals surface area (Å²) in [4.78, 5) is 13.5. The topological polar surface area (TPSA) is 46.3 Å². The number of hydrogen-bond donors (Lipinski definition) is 1. The molecule has 1 amide bonds. The van der Waals surface area contributed by atoms with Crippen molar-refractivity contribution in [2.75, 3.05) is 18.8 Å². The summed E-state index contributed by atoms with van der Waals surface area (Å²) in [5, 5.41) is 0.779. The number of thioether (sulfide) groups is 1. The summed E-state index contributed by atoms with van der Waals surface area (Å²) in [5.41, 5.74) is 5.53. The second-order valence-corrected chi connectivity index (χ2v) is 5.06. The van der Waals surface area contributed by atoms with Crippen LogP contribution in [0.5, 0.6) is 0 Å². The number of likely N-dealkylation sites (tertiary alicyclic amines) is 1. The number of amides is 1. The first-order chi connectivity index (χ1) is 6.31. The monoisotopic (exact) mass is 200 g/mol. The third-order valence-electron chi connectivity index (χ3n) is 2.70. The molecule has 1 atom stereocenters. The van der Waals surface area contributed by atoms with Crippen molar-refractivity contribution < 1.29 is 4.79 Å². The Kier molecular flexibility index (Phi) is 2.79. The second-order valence-electron chi connectivity index (χ2n) is 3.78. The Morgan fingerprint density at radius 3 is 2.69 bits per heavy atom. The Morgan fingerprint density at radius 1 is 1.46 bits per heavy atom. The van der Waals surface area contributed by atoms with Crippen LogP contribution in [0, 0.1) is 0 Å². The molecule has 1 heterocycles. The highest BCUT2D eigenvalue weighted by Gasteiger charge is 2.32. The molecule has 0 bridgehead atoms. The molecule has 4 heteroatoms. The highest BCUT2D eigenvalue weighted by molar-refractivity contribution is 8.00. The lowest BCUT2D eigenvalue weighted by Gasteiger charge is -2.40. The van der Waals surface area contributed by atoms with E-state index in [-0.39, 0.29) is 0 Å². The fraction of sp³-hybridized carbons (Fsp3) is 0.889. The van der Waals surface area contributed by atoms with Gasteiger partial charge in [-0.25, -0.2) is 0 Å². The zero-order valence-electron chi connectivity index (χ0n) is 7.74. The molecule has 0 aromatic heterocycles. The van der Waals surface area contributed by atoms with Crippen LogP contribution in [0.3, 0.4) is 0 Å². The number of rotatable bonds is 4. The van der Waals surface area contributed by atoms with E-state index in [4.69, 9.17) is 5.73 Å². The lowest BCUT2D eigenvalue weighted by Crippen LogP contribution is -2.55. The van der Waals surface area contributed by atoms with Gasteiger partial charge in [0, 0.05) is 24.4 Å². The summed E-state index contributed by atoms with van der Waals surface area (Å²) in [7, 11) is 0. The first-order valence-electron chi connectivity index (χ1n) is 4.92. The third-order valence-corrected chi connectivity index (χ3v) is 4.06. The fourth-order valence-corrected chi connectivity index (χ4v) is 2.53. The maximum atomic E-state index is 11.6. The standard InChI is InChI=1S/C9H16N2OS/c10-5-7-3-4-11(7)9(12)6-13-8-1-2-8/h7-8H,1-6,10H2. The van der Waals surface area contributed by atoms with E-state index in [0.717, 1.165) is 18.2 Å². The minimum atomic E-state index is 0.290. The molecule has 0 aromatic rings. The SMILES string of the molecule is NCC1CCN1C(=O)CSC1CC1. The van der Waals surface area contributed by atoms with Gasteiger partial charge < -0.3 is 10.6 Å². The van der Waals surface area contributed by atoms with Gasteiger partial charge in [0.1, 0.15) is 0 Å². The zero-order valence-corrected chi connectivity index (χ0v) is 8.55. The maximum absolute atomic E-state index is 11.6. The van der Waals surface area contributed by atoms with Gasteiger partial charge in [-0.05, 0) is 19.3 Å². The third kappa shape index (κ3) is 2.17. The van der Waals surface area contributed by atoms with Crippen LogP contribution in [-0.2, 0) is 4.79 Å². The first kappa shape index (κ1) is 9.34. The van der Waals surface area contributed by atoms with Crippen LogP contribution >= 0.6 is 11.8 Å². The second kappa shape index (κ2) is 3.88. The van der Waals surface area contributed by atoms with Crippen LogP contribution in [0.1, 0.15) is 19.3 Å². The van der Waals surface area contributed by atoms with E-state index in [1.54, 1.807) is 0 Å². The van der Waals surface area contributed by atoms with Gasteiger partial charge in [-0.15, -0.1) is 11.8 Å². The average Bonchev–Trinajstić information content (AvgIpc) is 2.82. The van der Waals surface area contributed by atoms with E-state index < -0.39 is 0 Å². The molecule has 1 saturated heterocycles. The van der Waals surface area contributed by atoms with Crippen molar-refractivity contribution in [3.8, 4) is 0 Å². The van der Waals surface area contributed by atoms with Crippen molar-refractivity contribution in [2.24, 2.45) is 5.73 Å². The van der Waals surface area contributed by atoms with Crippen molar-refractivity contribution >= 4 is 17.7 Å². The van der Waals surface area contributed by atoms with Gasteiger partial charge in [0.05, 0.1) is 5.75 Å². The molecule has 1 aliphatic carbocycles. The van der Waals surface area contributed by atoms with Crippen LogP contribution in [0.15, 0.2) is 0 Å². The highest BCUT2D eigenvalue weighted by Crippen LogP contribution is 2.34. The zero-order chi connectivity index (χ0) is 9.26. The van der Waals surface area contributed by atoms with Crippen LogP contribution < -0.4 is 5.73 Å². The number of carbonyl (C=O) groups excluding carboxylic acids is 1. The first-order valence-corrected chi connectivity index (χ1v) is 5.97. The summed E-state index contributed by atoms with van der Waals surface area (Å²) in [6.07, 6.45) is 3.70.